The molecule has 1 atom stereocenters. The second-order valence-corrected chi connectivity index (χ2v) is 7.39. The Morgan fingerprint density at radius 3 is 2.93 bits per heavy atom. The van der Waals surface area contributed by atoms with Gasteiger partial charge in [0.2, 0.25) is 0 Å². The number of pyridine rings is 1. The molecule has 1 aliphatic heterocycles. The summed E-state index contributed by atoms with van der Waals surface area (Å²) < 4.78 is 2.09. The van der Waals surface area contributed by atoms with E-state index in [1.54, 1.807) is 7.05 Å². The molecule has 1 aromatic carbocycles. The van der Waals surface area contributed by atoms with Gasteiger partial charge in [0.1, 0.15) is 17.8 Å². The lowest BCUT2D eigenvalue weighted by Gasteiger charge is -2.31. The summed E-state index contributed by atoms with van der Waals surface area (Å²) in [5, 5.41) is 11.2. The molecule has 0 aliphatic carbocycles. The van der Waals surface area contributed by atoms with Crippen LogP contribution >= 0.6 is 0 Å². The van der Waals surface area contributed by atoms with Gasteiger partial charge in [0, 0.05) is 42.0 Å². The molecule has 1 aliphatic rings. The third-order valence-electron chi connectivity index (χ3n) is 5.81. The smallest absolute Gasteiger partial charge is 0.407 e. The fourth-order valence-corrected chi connectivity index (χ4v) is 4.29. The highest BCUT2D eigenvalue weighted by atomic mass is 16.4. The maximum absolute atomic E-state index is 11.4. The average molecular weight is 388 g/mol. The van der Waals surface area contributed by atoms with Crippen molar-refractivity contribution in [2.45, 2.75) is 25.4 Å². The largest absolute Gasteiger partial charge is 0.465 e. The van der Waals surface area contributed by atoms with Crippen LogP contribution in [0.5, 0.6) is 0 Å². The van der Waals surface area contributed by atoms with Crippen LogP contribution in [0, 0.1) is 0 Å². The minimum Gasteiger partial charge on any atom is -0.465 e. The van der Waals surface area contributed by atoms with Crippen molar-refractivity contribution in [1.82, 2.24) is 24.4 Å². The fourth-order valence-electron chi connectivity index (χ4n) is 4.29. The molecule has 0 radical (unpaired) electrons. The van der Waals surface area contributed by atoms with Gasteiger partial charge in [-0.15, -0.1) is 0 Å². The summed E-state index contributed by atoms with van der Waals surface area (Å²) in [4.78, 5) is 26.1. The van der Waals surface area contributed by atoms with Crippen molar-refractivity contribution >= 4 is 33.8 Å². The van der Waals surface area contributed by atoms with Gasteiger partial charge in [0.15, 0.2) is 0 Å². The molecule has 8 nitrogen and oxygen atoms in total. The topological polar surface area (TPSA) is 110 Å². The first-order chi connectivity index (χ1) is 14.0. The van der Waals surface area contributed by atoms with Gasteiger partial charge in [-0.3, -0.25) is 4.98 Å². The Kier molecular flexibility index (Phi) is 3.87. The molecule has 5 rings (SSSR count). The van der Waals surface area contributed by atoms with Gasteiger partial charge in [-0.25, -0.2) is 14.8 Å². The van der Waals surface area contributed by atoms with E-state index in [1.807, 2.05) is 30.5 Å². The zero-order valence-electron chi connectivity index (χ0n) is 15.9. The van der Waals surface area contributed by atoms with E-state index < -0.39 is 6.09 Å². The van der Waals surface area contributed by atoms with Gasteiger partial charge in [0.25, 0.3) is 0 Å². The van der Waals surface area contributed by atoms with Crippen LogP contribution in [0.1, 0.15) is 12.1 Å². The summed E-state index contributed by atoms with van der Waals surface area (Å²) in [6.07, 6.45) is 3.85. The second-order valence-electron chi connectivity index (χ2n) is 7.39. The SMILES string of the molecule is CN(C(=O)O)C1CCc2c(-c3cnc4ccccc4c3)c3c(N)ncnc3n2C1. The van der Waals surface area contributed by atoms with Crippen molar-refractivity contribution in [1.29, 1.82) is 0 Å². The highest BCUT2D eigenvalue weighted by Gasteiger charge is 2.30. The number of para-hydroxylation sites is 1. The minimum atomic E-state index is -0.928. The highest BCUT2D eigenvalue weighted by Crippen LogP contribution is 2.40. The summed E-state index contributed by atoms with van der Waals surface area (Å²) in [6, 6.07) is 9.97. The fraction of sp³-hybridized carbons (Fsp3) is 0.238. The van der Waals surface area contributed by atoms with E-state index in [9.17, 15) is 9.90 Å². The first-order valence-corrected chi connectivity index (χ1v) is 9.47. The number of nitrogens with two attached hydrogens (primary N) is 1. The number of hydrogen-bond acceptors (Lipinski definition) is 5. The van der Waals surface area contributed by atoms with Crippen molar-refractivity contribution in [3.8, 4) is 11.1 Å². The molecular formula is C21H20N6O2. The number of anilines is 1. The molecule has 4 heterocycles. The van der Waals surface area contributed by atoms with E-state index >= 15 is 0 Å². The molecule has 29 heavy (non-hydrogen) atoms. The van der Waals surface area contributed by atoms with Crippen LogP contribution in [0.3, 0.4) is 0 Å². The van der Waals surface area contributed by atoms with Crippen molar-refractivity contribution in [3.63, 3.8) is 0 Å². The van der Waals surface area contributed by atoms with Crippen LogP contribution in [0.25, 0.3) is 33.1 Å². The van der Waals surface area contributed by atoms with Crippen LogP contribution < -0.4 is 5.73 Å². The average Bonchev–Trinajstić information content (AvgIpc) is 3.08. The van der Waals surface area contributed by atoms with Crippen molar-refractivity contribution in [2.75, 3.05) is 12.8 Å². The number of hydrogen-bond donors (Lipinski definition) is 2. The Bertz CT molecular complexity index is 1260. The number of fused-ring (bicyclic) bond motifs is 4. The Morgan fingerprint density at radius 2 is 2.10 bits per heavy atom. The van der Waals surface area contributed by atoms with E-state index in [0.29, 0.717) is 12.4 Å². The molecule has 0 saturated carbocycles. The van der Waals surface area contributed by atoms with Crippen LogP contribution in [0.15, 0.2) is 42.9 Å². The van der Waals surface area contributed by atoms with Crippen LogP contribution in [-0.4, -0.2) is 48.7 Å². The number of nitrogen functional groups attached to an aromatic ring is 1. The normalized spacial score (nSPS) is 16.1. The van der Waals surface area contributed by atoms with Crippen LogP contribution in [0.4, 0.5) is 10.6 Å². The monoisotopic (exact) mass is 388 g/mol. The number of rotatable bonds is 2. The molecule has 0 bridgehead atoms. The summed E-state index contributed by atoms with van der Waals surface area (Å²) in [6.45, 7) is 0.534. The molecule has 3 N–H and O–H groups in total. The lowest BCUT2D eigenvalue weighted by molar-refractivity contribution is 0.127. The molecule has 0 fully saturated rings. The van der Waals surface area contributed by atoms with E-state index in [4.69, 9.17) is 5.73 Å². The van der Waals surface area contributed by atoms with Crippen LogP contribution in [-0.2, 0) is 13.0 Å². The molecule has 8 heteroatoms. The van der Waals surface area contributed by atoms with Crippen molar-refractivity contribution < 1.29 is 9.90 Å². The molecule has 0 saturated heterocycles. The maximum Gasteiger partial charge on any atom is 0.407 e. The van der Waals surface area contributed by atoms with Gasteiger partial charge >= 0.3 is 6.09 Å². The van der Waals surface area contributed by atoms with E-state index in [-0.39, 0.29) is 6.04 Å². The number of benzene rings is 1. The van der Waals surface area contributed by atoms with Gasteiger partial charge in [-0.2, -0.15) is 0 Å². The molecule has 4 aromatic rings. The minimum absolute atomic E-state index is 0.116. The van der Waals surface area contributed by atoms with Crippen molar-refractivity contribution in [3.05, 3.63) is 48.5 Å². The van der Waals surface area contributed by atoms with Gasteiger partial charge in [-0.05, 0) is 25.0 Å². The van der Waals surface area contributed by atoms with Gasteiger partial charge in [0.05, 0.1) is 16.9 Å². The number of aromatic nitrogens is 4. The molecular weight excluding hydrogens is 368 g/mol. The van der Waals surface area contributed by atoms with Crippen LogP contribution in [0.2, 0.25) is 0 Å². The van der Waals surface area contributed by atoms with Crippen molar-refractivity contribution in [2.24, 2.45) is 0 Å². The van der Waals surface area contributed by atoms with E-state index in [0.717, 1.165) is 51.6 Å². The number of likely N-dealkylation sites (N-methyl/N-ethyl adjacent to an activating group) is 1. The Labute approximate surface area is 166 Å². The predicted molar refractivity (Wildman–Crippen MR) is 111 cm³/mol. The lowest BCUT2D eigenvalue weighted by Crippen LogP contribution is -2.41. The Balaban J connectivity index is 1.73. The van der Waals surface area contributed by atoms with Gasteiger partial charge in [-0.1, -0.05) is 18.2 Å². The lowest BCUT2D eigenvalue weighted by atomic mass is 9.97. The number of amides is 1. The number of nitrogens with zero attached hydrogens (tertiary/aromatic N) is 5. The highest BCUT2D eigenvalue weighted by molar-refractivity contribution is 6.03. The molecule has 1 amide bonds. The van der Waals surface area contributed by atoms with E-state index in [2.05, 4.69) is 25.6 Å². The summed E-state index contributed by atoms with van der Waals surface area (Å²) in [5.74, 6) is 0.420. The predicted octanol–water partition coefficient (Wildman–Crippen LogP) is 3.15. The summed E-state index contributed by atoms with van der Waals surface area (Å²) in [5.41, 5.74) is 11.0. The first-order valence-electron chi connectivity index (χ1n) is 9.47. The molecule has 3 aromatic heterocycles. The third-order valence-corrected chi connectivity index (χ3v) is 5.81. The number of carboxylic acid groups (broad SMARTS) is 1. The Hall–Kier alpha value is -3.68. The maximum atomic E-state index is 11.4. The Morgan fingerprint density at radius 1 is 1.28 bits per heavy atom. The third kappa shape index (κ3) is 2.67. The number of carbonyl (C=O) groups is 1. The summed E-state index contributed by atoms with van der Waals surface area (Å²) >= 11 is 0. The second kappa shape index (κ2) is 6.44. The molecule has 0 spiro atoms. The summed E-state index contributed by atoms with van der Waals surface area (Å²) in [7, 11) is 1.61. The zero-order chi connectivity index (χ0) is 20.1. The molecule has 146 valence electrons. The van der Waals surface area contributed by atoms with Gasteiger partial charge < -0.3 is 20.3 Å². The molecule has 1 unspecified atom stereocenters. The quantitative estimate of drug-likeness (QED) is 0.546. The standard InChI is InChI=1S/C21H20N6O2/c1-26(21(28)29)14-6-7-16-17(13-8-12-4-2-3-5-15(12)23-9-13)18-19(22)24-11-25-20(18)27(16)10-14/h2-5,8-9,11,14H,6-7,10H2,1H3,(H,28,29)(H2,22,24,25). The first kappa shape index (κ1) is 17.4. The zero-order valence-corrected chi connectivity index (χ0v) is 15.9. The van der Waals surface area contributed by atoms with E-state index in [1.165, 1.54) is 11.2 Å².